The zero-order valence-corrected chi connectivity index (χ0v) is 11.3. The van der Waals surface area contributed by atoms with E-state index in [4.69, 9.17) is 5.11 Å². The summed E-state index contributed by atoms with van der Waals surface area (Å²) in [6.45, 7) is 5.92. The van der Waals surface area contributed by atoms with Crippen LogP contribution in [0, 0.1) is 17.8 Å². The molecule has 18 heavy (non-hydrogen) atoms. The van der Waals surface area contributed by atoms with Crippen LogP contribution < -0.4 is 0 Å². The van der Waals surface area contributed by atoms with E-state index in [-0.39, 0.29) is 17.9 Å². The SMILES string of the molecule is CC1=C2C(C(C)CC[C@H]2/C=C(\C)C(=O)O)C(O)C1. The predicted octanol–water partition coefficient (Wildman–Crippen LogP) is 2.76. The summed E-state index contributed by atoms with van der Waals surface area (Å²) in [4.78, 5) is 10.9. The van der Waals surface area contributed by atoms with Gasteiger partial charge in [-0.25, -0.2) is 4.79 Å². The fourth-order valence-corrected chi connectivity index (χ4v) is 3.62. The first-order chi connectivity index (χ1) is 8.41. The van der Waals surface area contributed by atoms with Gasteiger partial charge in [0.2, 0.25) is 0 Å². The molecule has 0 radical (unpaired) electrons. The lowest BCUT2D eigenvalue weighted by Gasteiger charge is -2.35. The molecule has 3 nitrogen and oxygen atoms in total. The Bertz CT molecular complexity index is 419. The third kappa shape index (κ3) is 2.24. The first-order valence-electron chi connectivity index (χ1n) is 6.71. The van der Waals surface area contributed by atoms with Crippen molar-refractivity contribution in [3.63, 3.8) is 0 Å². The first kappa shape index (κ1) is 13.3. The van der Waals surface area contributed by atoms with Gasteiger partial charge < -0.3 is 10.2 Å². The Morgan fingerprint density at radius 2 is 2.06 bits per heavy atom. The van der Waals surface area contributed by atoms with Crippen LogP contribution in [0.1, 0.15) is 40.0 Å². The molecule has 0 spiro atoms. The van der Waals surface area contributed by atoms with E-state index >= 15 is 0 Å². The lowest BCUT2D eigenvalue weighted by molar-refractivity contribution is -0.132. The van der Waals surface area contributed by atoms with E-state index in [1.807, 2.05) is 6.08 Å². The molecule has 4 atom stereocenters. The second-order valence-electron chi connectivity index (χ2n) is 5.85. The van der Waals surface area contributed by atoms with Crippen LogP contribution in [-0.2, 0) is 4.79 Å². The van der Waals surface area contributed by atoms with Crippen LogP contribution in [0.4, 0.5) is 0 Å². The average molecular weight is 250 g/mol. The molecule has 1 saturated carbocycles. The van der Waals surface area contributed by atoms with E-state index in [0.717, 1.165) is 19.3 Å². The average Bonchev–Trinajstić information content (AvgIpc) is 2.59. The number of allylic oxidation sites excluding steroid dienone is 1. The smallest absolute Gasteiger partial charge is 0.330 e. The fraction of sp³-hybridized carbons (Fsp3) is 0.667. The molecule has 2 aliphatic carbocycles. The number of aliphatic hydroxyl groups is 1. The second kappa shape index (κ2) is 4.88. The molecule has 0 saturated heterocycles. The number of hydrogen-bond donors (Lipinski definition) is 2. The highest BCUT2D eigenvalue weighted by atomic mass is 16.4. The van der Waals surface area contributed by atoms with Crippen molar-refractivity contribution in [2.75, 3.05) is 0 Å². The topological polar surface area (TPSA) is 57.5 Å². The zero-order chi connectivity index (χ0) is 13.4. The van der Waals surface area contributed by atoms with E-state index in [2.05, 4.69) is 13.8 Å². The van der Waals surface area contributed by atoms with Gasteiger partial charge in [-0.1, -0.05) is 24.1 Å². The number of carboxylic acid groups (broad SMARTS) is 1. The van der Waals surface area contributed by atoms with Gasteiger partial charge in [-0.05, 0) is 44.9 Å². The number of carbonyl (C=O) groups is 1. The summed E-state index contributed by atoms with van der Waals surface area (Å²) in [5.74, 6) is 0.102. The maximum atomic E-state index is 10.9. The zero-order valence-electron chi connectivity index (χ0n) is 11.3. The van der Waals surface area contributed by atoms with E-state index in [1.54, 1.807) is 6.92 Å². The Balaban J connectivity index is 2.31. The number of aliphatic hydroxyl groups excluding tert-OH is 1. The molecule has 100 valence electrons. The van der Waals surface area contributed by atoms with Crippen LogP contribution in [-0.4, -0.2) is 22.3 Å². The van der Waals surface area contributed by atoms with Gasteiger partial charge in [-0.2, -0.15) is 0 Å². The summed E-state index contributed by atoms with van der Waals surface area (Å²) in [5, 5.41) is 19.1. The molecule has 0 aromatic carbocycles. The van der Waals surface area contributed by atoms with Gasteiger partial charge in [0.05, 0.1) is 6.10 Å². The van der Waals surface area contributed by atoms with Crippen molar-refractivity contribution in [1.29, 1.82) is 0 Å². The van der Waals surface area contributed by atoms with E-state index in [1.165, 1.54) is 11.1 Å². The molecule has 0 aliphatic heterocycles. The van der Waals surface area contributed by atoms with Crippen molar-refractivity contribution in [2.45, 2.75) is 46.1 Å². The number of hydrogen-bond acceptors (Lipinski definition) is 2. The van der Waals surface area contributed by atoms with Gasteiger partial charge in [0.1, 0.15) is 0 Å². The van der Waals surface area contributed by atoms with Crippen molar-refractivity contribution in [2.24, 2.45) is 17.8 Å². The third-order valence-corrected chi connectivity index (χ3v) is 4.52. The second-order valence-corrected chi connectivity index (χ2v) is 5.85. The number of rotatable bonds is 2. The quantitative estimate of drug-likeness (QED) is 0.585. The van der Waals surface area contributed by atoms with Crippen LogP contribution >= 0.6 is 0 Å². The minimum absolute atomic E-state index is 0.208. The van der Waals surface area contributed by atoms with Crippen LogP contribution in [0.2, 0.25) is 0 Å². The molecule has 3 heteroatoms. The van der Waals surface area contributed by atoms with E-state index in [9.17, 15) is 9.90 Å². The van der Waals surface area contributed by atoms with Gasteiger partial charge >= 0.3 is 5.97 Å². The maximum absolute atomic E-state index is 10.9. The maximum Gasteiger partial charge on any atom is 0.330 e. The Morgan fingerprint density at radius 1 is 1.39 bits per heavy atom. The van der Waals surface area contributed by atoms with Crippen LogP contribution in [0.25, 0.3) is 0 Å². The molecule has 0 aromatic rings. The van der Waals surface area contributed by atoms with Crippen molar-refractivity contribution in [3.05, 3.63) is 22.8 Å². The van der Waals surface area contributed by atoms with Gasteiger partial charge in [0, 0.05) is 11.5 Å². The lowest BCUT2D eigenvalue weighted by Crippen LogP contribution is -2.30. The predicted molar refractivity (Wildman–Crippen MR) is 70.1 cm³/mol. The Kier molecular flexibility index (Phi) is 3.62. The monoisotopic (exact) mass is 250 g/mol. The van der Waals surface area contributed by atoms with Crippen molar-refractivity contribution >= 4 is 5.97 Å². The highest BCUT2D eigenvalue weighted by Gasteiger charge is 2.41. The van der Waals surface area contributed by atoms with Crippen LogP contribution in [0.15, 0.2) is 22.8 Å². The lowest BCUT2D eigenvalue weighted by atomic mass is 9.70. The van der Waals surface area contributed by atoms with Crippen LogP contribution in [0.5, 0.6) is 0 Å². The van der Waals surface area contributed by atoms with E-state index in [0.29, 0.717) is 11.5 Å². The molecule has 0 aromatic heterocycles. The Morgan fingerprint density at radius 3 is 2.67 bits per heavy atom. The minimum atomic E-state index is -0.845. The summed E-state index contributed by atoms with van der Waals surface area (Å²) >= 11 is 0. The van der Waals surface area contributed by atoms with Crippen molar-refractivity contribution < 1.29 is 15.0 Å². The molecule has 2 aliphatic rings. The molecule has 0 heterocycles. The number of carboxylic acids is 1. The van der Waals surface area contributed by atoms with E-state index < -0.39 is 5.97 Å². The van der Waals surface area contributed by atoms with Gasteiger partial charge in [0.15, 0.2) is 0 Å². The Hall–Kier alpha value is -1.09. The summed E-state index contributed by atoms with van der Waals surface area (Å²) < 4.78 is 0. The van der Waals surface area contributed by atoms with Gasteiger partial charge in [-0.15, -0.1) is 0 Å². The summed E-state index contributed by atoms with van der Waals surface area (Å²) in [5.41, 5.74) is 2.98. The molecule has 0 amide bonds. The summed E-state index contributed by atoms with van der Waals surface area (Å²) in [6, 6.07) is 0. The molecule has 3 unspecified atom stereocenters. The largest absolute Gasteiger partial charge is 0.478 e. The third-order valence-electron chi connectivity index (χ3n) is 4.52. The minimum Gasteiger partial charge on any atom is -0.478 e. The van der Waals surface area contributed by atoms with Gasteiger partial charge in [0.25, 0.3) is 0 Å². The van der Waals surface area contributed by atoms with Gasteiger partial charge in [-0.3, -0.25) is 0 Å². The standard InChI is InChI=1S/C15H22O3/c1-8-4-5-11(6-10(3)15(17)18)13-9(2)7-12(16)14(8)13/h6,8,11-12,14,16H,4-5,7H2,1-3H3,(H,17,18)/b10-6+/t8?,11-,12?,14?/m0/s1. The summed E-state index contributed by atoms with van der Waals surface area (Å²) in [6.07, 6.45) is 4.42. The number of fused-ring (bicyclic) bond motifs is 1. The molecular weight excluding hydrogens is 228 g/mol. The highest BCUT2D eigenvalue weighted by Crippen LogP contribution is 2.48. The van der Waals surface area contributed by atoms with Crippen molar-refractivity contribution in [3.8, 4) is 0 Å². The number of aliphatic carboxylic acids is 1. The molecule has 1 fully saturated rings. The molecule has 0 bridgehead atoms. The molecular formula is C15H22O3. The van der Waals surface area contributed by atoms with Crippen molar-refractivity contribution in [1.82, 2.24) is 0 Å². The van der Waals surface area contributed by atoms with Crippen LogP contribution in [0.3, 0.4) is 0 Å². The Labute approximate surface area is 108 Å². The first-order valence-corrected chi connectivity index (χ1v) is 6.71. The fourth-order valence-electron chi connectivity index (χ4n) is 3.62. The molecule has 2 rings (SSSR count). The highest BCUT2D eigenvalue weighted by molar-refractivity contribution is 5.85. The molecule has 2 N–H and O–H groups in total. The normalized spacial score (nSPS) is 36.8. The summed E-state index contributed by atoms with van der Waals surface area (Å²) in [7, 11) is 0.